The predicted octanol–water partition coefficient (Wildman–Crippen LogP) is 2.84. The second kappa shape index (κ2) is 7.12. The molecule has 0 aromatic carbocycles. The van der Waals surface area contributed by atoms with E-state index in [-0.39, 0.29) is 0 Å². The van der Waals surface area contributed by atoms with E-state index in [4.69, 9.17) is 4.74 Å². The van der Waals surface area contributed by atoms with Gasteiger partial charge in [-0.1, -0.05) is 6.92 Å². The molecule has 0 bridgehead atoms. The summed E-state index contributed by atoms with van der Waals surface area (Å²) in [4.78, 5) is 6.99. The maximum atomic E-state index is 5.86. The Morgan fingerprint density at radius 2 is 2.29 bits per heavy atom. The average Bonchev–Trinajstić information content (AvgIpc) is 3.36. The third kappa shape index (κ3) is 4.10. The van der Waals surface area contributed by atoms with Gasteiger partial charge < -0.3 is 15.0 Å². The lowest BCUT2D eigenvalue weighted by Gasteiger charge is -2.34. The molecule has 21 heavy (non-hydrogen) atoms. The Morgan fingerprint density at radius 1 is 1.38 bits per heavy atom. The minimum Gasteiger partial charge on any atom is -0.490 e. The first-order chi connectivity index (χ1) is 10.4. The summed E-state index contributed by atoms with van der Waals surface area (Å²) in [5, 5.41) is 3.67. The fourth-order valence-corrected chi connectivity index (χ4v) is 2.99. The van der Waals surface area contributed by atoms with Gasteiger partial charge in [0.1, 0.15) is 0 Å². The van der Waals surface area contributed by atoms with Crippen molar-refractivity contribution in [3.05, 3.63) is 18.3 Å². The van der Waals surface area contributed by atoms with Gasteiger partial charge in [-0.15, -0.1) is 0 Å². The van der Waals surface area contributed by atoms with Crippen LogP contribution in [-0.4, -0.2) is 37.3 Å². The van der Waals surface area contributed by atoms with E-state index in [2.05, 4.69) is 22.1 Å². The van der Waals surface area contributed by atoms with Crippen LogP contribution in [0.25, 0.3) is 0 Å². The first kappa shape index (κ1) is 14.6. The van der Waals surface area contributed by atoms with Gasteiger partial charge in [-0.25, -0.2) is 4.98 Å². The molecule has 1 aromatic heterocycles. The number of piperidine rings is 1. The maximum Gasteiger partial charge on any atom is 0.171 e. The van der Waals surface area contributed by atoms with Crippen molar-refractivity contribution < 1.29 is 4.74 Å². The Kier molecular flexibility index (Phi) is 4.96. The Morgan fingerprint density at radius 3 is 3.10 bits per heavy atom. The van der Waals surface area contributed by atoms with Gasteiger partial charge in [-0.05, 0) is 56.7 Å². The summed E-state index contributed by atoms with van der Waals surface area (Å²) in [6.45, 7) is 6.24. The number of nitrogens with zero attached hydrogens (tertiary/aromatic N) is 2. The number of ether oxygens (including phenoxy) is 1. The summed E-state index contributed by atoms with van der Waals surface area (Å²) in [5.41, 5.74) is 0. The second-order valence-corrected chi connectivity index (χ2v) is 6.31. The predicted molar refractivity (Wildman–Crippen MR) is 86.0 cm³/mol. The van der Waals surface area contributed by atoms with Crippen molar-refractivity contribution in [1.82, 2.24) is 10.3 Å². The summed E-state index contributed by atoms with van der Waals surface area (Å²) in [5.74, 6) is 2.71. The molecule has 1 saturated heterocycles. The molecule has 4 heteroatoms. The highest BCUT2D eigenvalue weighted by Gasteiger charge is 2.26. The van der Waals surface area contributed by atoms with Gasteiger partial charge in [0.25, 0.3) is 0 Å². The van der Waals surface area contributed by atoms with Crippen LogP contribution in [0.1, 0.15) is 39.0 Å². The van der Waals surface area contributed by atoms with Crippen molar-refractivity contribution in [3.8, 4) is 5.75 Å². The van der Waals surface area contributed by atoms with Gasteiger partial charge in [0.05, 0.1) is 6.61 Å². The average molecular weight is 289 g/mol. The molecule has 2 aliphatic rings. The number of hydrogen-bond donors (Lipinski definition) is 1. The lowest BCUT2D eigenvalue weighted by molar-refractivity contribution is 0.313. The summed E-state index contributed by atoms with van der Waals surface area (Å²) >= 11 is 0. The van der Waals surface area contributed by atoms with E-state index >= 15 is 0 Å². The van der Waals surface area contributed by atoms with Gasteiger partial charge in [0.2, 0.25) is 0 Å². The summed E-state index contributed by atoms with van der Waals surface area (Å²) < 4.78 is 5.86. The molecule has 0 radical (unpaired) electrons. The molecule has 2 heterocycles. The van der Waals surface area contributed by atoms with Gasteiger partial charge in [-0.2, -0.15) is 0 Å². The zero-order chi connectivity index (χ0) is 14.5. The largest absolute Gasteiger partial charge is 0.490 e. The first-order valence-corrected chi connectivity index (χ1v) is 8.43. The van der Waals surface area contributed by atoms with Crippen molar-refractivity contribution in [2.24, 2.45) is 5.92 Å². The van der Waals surface area contributed by atoms with Crippen LogP contribution in [0.5, 0.6) is 5.75 Å². The lowest BCUT2D eigenvalue weighted by Crippen LogP contribution is -2.40. The number of aromatic nitrogens is 1. The Bertz CT molecular complexity index is 447. The van der Waals surface area contributed by atoms with E-state index in [0.717, 1.165) is 56.2 Å². The highest BCUT2D eigenvalue weighted by atomic mass is 16.5. The highest BCUT2D eigenvalue weighted by molar-refractivity contribution is 5.52. The van der Waals surface area contributed by atoms with Gasteiger partial charge in [0, 0.05) is 25.3 Å². The molecule has 116 valence electrons. The third-order valence-corrected chi connectivity index (χ3v) is 4.30. The van der Waals surface area contributed by atoms with Crippen LogP contribution >= 0.6 is 0 Å². The van der Waals surface area contributed by atoms with Crippen molar-refractivity contribution in [3.63, 3.8) is 0 Å². The van der Waals surface area contributed by atoms with Crippen LogP contribution in [0.15, 0.2) is 18.3 Å². The van der Waals surface area contributed by atoms with Crippen LogP contribution in [-0.2, 0) is 0 Å². The van der Waals surface area contributed by atoms with E-state index < -0.39 is 0 Å². The molecular formula is C17H27N3O. The topological polar surface area (TPSA) is 37.4 Å². The quantitative estimate of drug-likeness (QED) is 0.837. The molecule has 1 N–H and O–H groups in total. The molecule has 0 spiro atoms. The van der Waals surface area contributed by atoms with Crippen molar-refractivity contribution in [2.75, 3.05) is 31.1 Å². The first-order valence-electron chi connectivity index (χ1n) is 8.43. The van der Waals surface area contributed by atoms with Crippen LogP contribution in [0.3, 0.4) is 0 Å². The van der Waals surface area contributed by atoms with Crippen LogP contribution < -0.4 is 15.0 Å². The molecule has 0 amide bonds. The molecule has 1 aromatic rings. The smallest absolute Gasteiger partial charge is 0.171 e. The fraction of sp³-hybridized carbons (Fsp3) is 0.706. The van der Waals surface area contributed by atoms with Crippen LogP contribution in [0, 0.1) is 5.92 Å². The summed E-state index contributed by atoms with van der Waals surface area (Å²) in [6, 6.07) is 4.81. The van der Waals surface area contributed by atoms with Gasteiger partial charge in [0.15, 0.2) is 11.6 Å². The SMILES string of the molecule is CCCOc1cccnc1N1CCCC(CNC2CC2)C1. The number of rotatable bonds is 7. The molecule has 1 unspecified atom stereocenters. The number of pyridine rings is 1. The molecule has 3 rings (SSSR count). The lowest BCUT2D eigenvalue weighted by atomic mass is 9.98. The molecule has 2 fully saturated rings. The second-order valence-electron chi connectivity index (χ2n) is 6.31. The molecule has 1 saturated carbocycles. The zero-order valence-corrected chi connectivity index (χ0v) is 13.1. The normalized spacial score (nSPS) is 22.3. The monoisotopic (exact) mass is 289 g/mol. The molecular weight excluding hydrogens is 262 g/mol. The summed E-state index contributed by atoms with van der Waals surface area (Å²) in [7, 11) is 0. The van der Waals surface area contributed by atoms with Crippen molar-refractivity contribution in [2.45, 2.75) is 45.1 Å². The molecule has 1 aliphatic heterocycles. The zero-order valence-electron chi connectivity index (χ0n) is 13.1. The standard InChI is InChI=1S/C17H27N3O/c1-2-11-21-16-6-3-9-18-17(16)20-10-4-5-14(13-20)12-19-15-7-8-15/h3,6,9,14-15,19H,2,4-5,7-8,10-13H2,1H3. The third-order valence-electron chi connectivity index (χ3n) is 4.30. The molecule has 4 nitrogen and oxygen atoms in total. The molecule has 1 aliphatic carbocycles. The summed E-state index contributed by atoms with van der Waals surface area (Å²) in [6.07, 6.45) is 8.22. The number of nitrogens with one attached hydrogen (secondary N) is 1. The van der Waals surface area contributed by atoms with E-state index in [1.54, 1.807) is 0 Å². The Hall–Kier alpha value is -1.29. The minimum absolute atomic E-state index is 0.736. The molecule has 1 atom stereocenters. The fourth-order valence-electron chi connectivity index (χ4n) is 2.99. The highest BCUT2D eigenvalue weighted by Crippen LogP contribution is 2.29. The van der Waals surface area contributed by atoms with Crippen molar-refractivity contribution in [1.29, 1.82) is 0 Å². The number of hydrogen-bond acceptors (Lipinski definition) is 4. The van der Waals surface area contributed by atoms with Gasteiger partial charge >= 0.3 is 0 Å². The van der Waals surface area contributed by atoms with E-state index in [1.165, 1.54) is 25.7 Å². The van der Waals surface area contributed by atoms with Crippen LogP contribution in [0.2, 0.25) is 0 Å². The Balaban J connectivity index is 1.61. The maximum absolute atomic E-state index is 5.86. The van der Waals surface area contributed by atoms with E-state index in [0.29, 0.717) is 0 Å². The van der Waals surface area contributed by atoms with Crippen molar-refractivity contribution >= 4 is 5.82 Å². The van der Waals surface area contributed by atoms with E-state index in [9.17, 15) is 0 Å². The van der Waals surface area contributed by atoms with E-state index in [1.807, 2.05) is 18.3 Å². The number of anilines is 1. The van der Waals surface area contributed by atoms with Gasteiger partial charge in [-0.3, -0.25) is 0 Å². The minimum atomic E-state index is 0.736. The Labute approximate surface area is 127 Å². The van der Waals surface area contributed by atoms with Crippen LogP contribution in [0.4, 0.5) is 5.82 Å².